The Hall–Kier alpha value is -1.82. The molecule has 2 fully saturated rings. The van der Waals surface area contributed by atoms with Crippen LogP contribution < -0.4 is 0 Å². The second-order valence-electron chi connectivity index (χ2n) is 8.58. The first kappa shape index (κ1) is 18.2. The van der Waals surface area contributed by atoms with Crippen molar-refractivity contribution >= 4 is 0 Å². The molecule has 0 unspecified atom stereocenters. The molecule has 1 spiro atoms. The summed E-state index contributed by atoms with van der Waals surface area (Å²) in [5.41, 5.74) is 3.64. The van der Waals surface area contributed by atoms with Gasteiger partial charge in [0.1, 0.15) is 11.4 Å². The lowest BCUT2D eigenvalue weighted by atomic mass is 9.84. The number of ether oxygens (including phenoxy) is 1. The molecule has 2 aromatic rings. The van der Waals surface area contributed by atoms with Crippen molar-refractivity contribution in [1.82, 2.24) is 19.8 Å². The summed E-state index contributed by atoms with van der Waals surface area (Å²) in [5, 5.41) is 0. The van der Waals surface area contributed by atoms with Gasteiger partial charge >= 0.3 is 0 Å². The first-order valence-corrected chi connectivity index (χ1v) is 10.8. The maximum Gasteiger partial charge on any atom is 0.128 e. The molecule has 0 amide bonds. The van der Waals surface area contributed by atoms with Gasteiger partial charge in [-0.3, -0.25) is 9.80 Å². The molecule has 5 heteroatoms. The minimum absolute atomic E-state index is 0.138. The van der Waals surface area contributed by atoms with Gasteiger partial charge in [0.2, 0.25) is 0 Å². The van der Waals surface area contributed by atoms with Gasteiger partial charge in [0.05, 0.1) is 12.3 Å². The Balaban J connectivity index is 1.16. The molecule has 1 aromatic carbocycles. The SMILES string of the molecule is CCCc1ncc2c(n1)COC21CN(C2CCN(Cc3ccccc3)CC2)C1. The number of benzene rings is 1. The van der Waals surface area contributed by atoms with Crippen LogP contribution in [0.2, 0.25) is 0 Å². The Bertz CT molecular complexity index is 811. The Morgan fingerprint density at radius 3 is 2.68 bits per heavy atom. The van der Waals surface area contributed by atoms with Crippen LogP contribution in [0, 0.1) is 0 Å². The van der Waals surface area contributed by atoms with Crippen molar-refractivity contribution in [2.45, 2.75) is 57.4 Å². The van der Waals surface area contributed by atoms with E-state index in [9.17, 15) is 0 Å². The van der Waals surface area contributed by atoms with E-state index < -0.39 is 0 Å². The van der Waals surface area contributed by atoms with E-state index in [0.29, 0.717) is 12.6 Å². The van der Waals surface area contributed by atoms with E-state index in [1.807, 2.05) is 6.20 Å². The normalized spacial score (nSPS) is 22.3. The van der Waals surface area contributed by atoms with Crippen LogP contribution in [0.3, 0.4) is 0 Å². The molecule has 1 aromatic heterocycles. The maximum absolute atomic E-state index is 6.25. The van der Waals surface area contributed by atoms with Crippen LogP contribution in [-0.4, -0.2) is 52.0 Å². The average molecular weight is 379 g/mol. The molecule has 5 nitrogen and oxygen atoms in total. The number of rotatable bonds is 5. The highest BCUT2D eigenvalue weighted by molar-refractivity contribution is 5.32. The smallest absolute Gasteiger partial charge is 0.128 e. The molecule has 0 bridgehead atoms. The van der Waals surface area contributed by atoms with Crippen LogP contribution >= 0.6 is 0 Å². The fourth-order valence-corrected chi connectivity index (χ4v) is 4.99. The number of fused-ring (bicyclic) bond motifs is 2. The molecule has 0 radical (unpaired) electrons. The van der Waals surface area contributed by atoms with Gasteiger partial charge in [0.25, 0.3) is 0 Å². The number of likely N-dealkylation sites (tertiary alicyclic amines) is 2. The van der Waals surface area contributed by atoms with Gasteiger partial charge in [0, 0.05) is 43.9 Å². The largest absolute Gasteiger partial charge is 0.361 e. The number of nitrogens with zero attached hydrogens (tertiary/aromatic N) is 4. The second kappa shape index (κ2) is 7.54. The van der Waals surface area contributed by atoms with Crippen molar-refractivity contribution in [2.24, 2.45) is 0 Å². The third kappa shape index (κ3) is 3.36. The van der Waals surface area contributed by atoms with Crippen molar-refractivity contribution in [1.29, 1.82) is 0 Å². The second-order valence-corrected chi connectivity index (χ2v) is 8.58. The molecule has 0 aliphatic carbocycles. The molecule has 0 atom stereocenters. The molecule has 0 N–H and O–H groups in total. The molecule has 5 rings (SSSR count). The summed E-state index contributed by atoms with van der Waals surface area (Å²) in [5.74, 6) is 0.962. The first-order valence-electron chi connectivity index (χ1n) is 10.8. The lowest BCUT2D eigenvalue weighted by Crippen LogP contribution is -2.63. The van der Waals surface area contributed by atoms with E-state index in [4.69, 9.17) is 9.72 Å². The lowest BCUT2D eigenvalue weighted by molar-refractivity contribution is -0.159. The topological polar surface area (TPSA) is 41.5 Å². The van der Waals surface area contributed by atoms with Crippen molar-refractivity contribution in [3.8, 4) is 0 Å². The zero-order valence-electron chi connectivity index (χ0n) is 16.8. The molecule has 3 aliphatic heterocycles. The van der Waals surface area contributed by atoms with E-state index in [2.05, 4.69) is 52.0 Å². The molecular weight excluding hydrogens is 348 g/mol. The van der Waals surface area contributed by atoms with Crippen LogP contribution in [-0.2, 0) is 29.9 Å². The third-order valence-corrected chi connectivity index (χ3v) is 6.61. The summed E-state index contributed by atoms with van der Waals surface area (Å²) >= 11 is 0. The zero-order chi connectivity index (χ0) is 19.0. The predicted octanol–water partition coefficient (Wildman–Crippen LogP) is 3.13. The number of hydrogen-bond donors (Lipinski definition) is 0. The molecular formula is C23H30N4O. The van der Waals surface area contributed by atoms with Gasteiger partial charge in [0.15, 0.2) is 0 Å². The number of aromatic nitrogens is 2. The zero-order valence-corrected chi connectivity index (χ0v) is 16.8. The fourth-order valence-electron chi connectivity index (χ4n) is 4.99. The van der Waals surface area contributed by atoms with E-state index in [-0.39, 0.29) is 5.60 Å². The van der Waals surface area contributed by atoms with E-state index in [0.717, 1.165) is 44.0 Å². The Morgan fingerprint density at radius 2 is 1.93 bits per heavy atom. The Morgan fingerprint density at radius 1 is 1.14 bits per heavy atom. The van der Waals surface area contributed by atoms with Gasteiger partial charge in [-0.15, -0.1) is 0 Å². The Kier molecular flexibility index (Phi) is 4.91. The van der Waals surface area contributed by atoms with Gasteiger partial charge in [-0.1, -0.05) is 37.3 Å². The van der Waals surface area contributed by atoms with Gasteiger partial charge in [-0.25, -0.2) is 9.97 Å². The molecule has 28 heavy (non-hydrogen) atoms. The van der Waals surface area contributed by atoms with Crippen molar-refractivity contribution in [3.63, 3.8) is 0 Å². The van der Waals surface area contributed by atoms with Crippen LogP contribution in [0.4, 0.5) is 0 Å². The summed E-state index contributed by atoms with van der Waals surface area (Å²) in [7, 11) is 0. The summed E-state index contributed by atoms with van der Waals surface area (Å²) in [6.45, 7) is 8.26. The fraction of sp³-hybridized carbons (Fsp3) is 0.565. The number of aryl methyl sites for hydroxylation is 1. The van der Waals surface area contributed by atoms with Crippen LogP contribution in [0.15, 0.2) is 36.5 Å². The summed E-state index contributed by atoms with van der Waals surface area (Å²) < 4.78 is 6.25. The van der Waals surface area contributed by atoms with Gasteiger partial charge < -0.3 is 4.74 Å². The third-order valence-electron chi connectivity index (χ3n) is 6.61. The van der Waals surface area contributed by atoms with Crippen LogP contribution in [0.5, 0.6) is 0 Å². The van der Waals surface area contributed by atoms with Crippen molar-refractivity contribution < 1.29 is 4.74 Å². The summed E-state index contributed by atoms with van der Waals surface area (Å²) in [6.07, 6.45) is 6.58. The van der Waals surface area contributed by atoms with E-state index in [1.165, 1.54) is 37.1 Å². The monoisotopic (exact) mass is 378 g/mol. The molecule has 2 saturated heterocycles. The minimum Gasteiger partial charge on any atom is -0.361 e. The van der Waals surface area contributed by atoms with Crippen LogP contribution in [0.25, 0.3) is 0 Å². The highest BCUT2D eigenvalue weighted by atomic mass is 16.5. The number of hydrogen-bond acceptors (Lipinski definition) is 5. The predicted molar refractivity (Wildman–Crippen MR) is 109 cm³/mol. The Labute approximate surface area is 167 Å². The molecule has 3 aliphatic rings. The van der Waals surface area contributed by atoms with Crippen molar-refractivity contribution in [3.05, 3.63) is 59.2 Å². The highest BCUT2D eigenvalue weighted by Gasteiger charge is 2.52. The summed E-state index contributed by atoms with van der Waals surface area (Å²) in [4.78, 5) is 14.5. The van der Waals surface area contributed by atoms with Crippen LogP contribution in [0.1, 0.15) is 48.8 Å². The highest BCUT2D eigenvalue weighted by Crippen LogP contribution is 2.44. The molecule has 148 valence electrons. The quantitative estimate of drug-likeness (QED) is 0.800. The van der Waals surface area contributed by atoms with E-state index in [1.54, 1.807) is 0 Å². The summed E-state index contributed by atoms with van der Waals surface area (Å²) in [6, 6.07) is 11.5. The lowest BCUT2D eigenvalue weighted by Gasteiger charge is -2.52. The molecule has 0 saturated carbocycles. The first-order chi connectivity index (χ1) is 13.8. The van der Waals surface area contributed by atoms with Gasteiger partial charge in [-0.2, -0.15) is 0 Å². The standard InChI is InChI=1S/C23H30N4O/c1-2-6-22-24-13-20-21(25-22)15-28-23(20)16-27(17-23)19-9-11-26(12-10-19)14-18-7-4-3-5-8-18/h3-5,7-8,13,19H,2,6,9-12,14-17H2,1H3. The molecule has 4 heterocycles. The van der Waals surface area contributed by atoms with Gasteiger partial charge in [-0.05, 0) is 37.9 Å². The average Bonchev–Trinajstić information content (AvgIpc) is 3.08. The van der Waals surface area contributed by atoms with Crippen molar-refractivity contribution in [2.75, 3.05) is 26.2 Å². The maximum atomic E-state index is 6.25. The minimum atomic E-state index is -0.138. The van der Waals surface area contributed by atoms with E-state index >= 15 is 0 Å². The number of piperidine rings is 1.